The molecule has 0 aliphatic carbocycles. The molecule has 13 heteroatoms. The van der Waals surface area contributed by atoms with Gasteiger partial charge in [0.15, 0.2) is 16.5 Å². The molecule has 0 bridgehead atoms. The van der Waals surface area contributed by atoms with E-state index in [2.05, 4.69) is 57.6 Å². The van der Waals surface area contributed by atoms with Crippen molar-refractivity contribution in [1.29, 1.82) is 0 Å². The number of ketones is 1. The van der Waals surface area contributed by atoms with E-state index in [1.54, 1.807) is 46.9 Å². The fraction of sp³-hybridized carbons (Fsp3) is 0.259. The van der Waals surface area contributed by atoms with Crippen LogP contribution >= 0.6 is 0 Å². The number of Topliss-reactive ketones (excluding diaryl/α,β-unsaturated/α-hetero) is 1. The van der Waals surface area contributed by atoms with Crippen LogP contribution in [0.2, 0.25) is 0 Å². The van der Waals surface area contributed by atoms with Crippen LogP contribution in [0.3, 0.4) is 0 Å². The first-order chi connectivity index (χ1) is 32.1. The lowest BCUT2D eigenvalue weighted by atomic mass is 9.76. The number of tetrazole rings is 1. The number of anilines is 1. The smallest absolute Gasteiger partial charge is 0.408 e. The number of aryl methyl sites for hydroxylation is 1. The van der Waals surface area contributed by atoms with Crippen LogP contribution in [0.15, 0.2) is 163 Å². The molecule has 3 atom stereocenters. The summed E-state index contributed by atoms with van der Waals surface area (Å²) in [4.78, 5) is 42.8. The van der Waals surface area contributed by atoms with Crippen LogP contribution in [-0.2, 0) is 32.7 Å². The fourth-order valence-electron chi connectivity index (χ4n) is 8.95. The van der Waals surface area contributed by atoms with Crippen LogP contribution in [0.25, 0.3) is 22.5 Å². The van der Waals surface area contributed by atoms with Crippen LogP contribution in [0, 0.1) is 0 Å². The highest BCUT2D eigenvalue weighted by Crippen LogP contribution is 2.44. The number of carbonyl (C=O) groups is 3. The molecule has 2 heterocycles. The largest absolute Gasteiger partial charge is 0.612 e. The van der Waals surface area contributed by atoms with Gasteiger partial charge in [-0.25, -0.2) is 9.48 Å². The van der Waals surface area contributed by atoms with Gasteiger partial charge in [0, 0.05) is 28.8 Å². The maximum atomic E-state index is 15.4. The van der Waals surface area contributed by atoms with Crippen LogP contribution in [-0.4, -0.2) is 72.0 Å². The number of aromatic nitrogens is 4. The lowest BCUT2D eigenvalue weighted by Crippen LogP contribution is -2.53. The second kappa shape index (κ2) is 19.4. The molecule has 2 amide bonds. The number of amides is 2. The Hall–Kier alpha value is -7.09. The quantitative estimate of drug-likeness (QED) is 0.0581. The van der Waals surface area contributed by atoms with E-state index in [1.165, 1.54) is 0 Å². The Balaban J connectivity index is 1.25. The van der Waals surface area contributed by atoms with Gasteiger partial charge in [0.2, 0.25) is 5.91 Å². The molecule has 342 valence electrons. The number of alkyl carbamates (subject to hydrolysis) is 1. The molecule has 0 saturated carbocycles. The molecule has 1 aromatic heterocycles. The summed E-state index contributed by atoms with van der Waals surface area (Å²) >= 11 is -1.23. The molecular weight excluding hydrogens is 859 g/mol. The Kier molecular flexibility index (Phi) is 13.4. The molecule has 6 aromatic carbocycles. The molecule has 3 unspecified atom stereocenters. The van der Waals surface area contributed by atoms with E-state index in [0.29, 0.717) is 40.4 Å². The third-order valence-corrected chi connectivity index (χ3v) is 12.8. The second-order valence-electron chi connectivity index (χ2n) is 18.5. The summed E-state index contributed by atoms with van der Waals surface area (Å²) in [6, 6.07) is 49.8. The first-order valence-electron chi connectivity index (χ1n) is 22.4. The number of ether oxygens (including phenoxy) is 1. The minimum absolute atomic E-state index is 0.0832. The summed E-state index contributed by atoms with van der Waals surface area (Å²) in [5, 5.41) is 23.4. The lowest BCUT2D eigenvalue weighted by molar-refractivity contribution is -0.123. The topological polar surface area (TPSA) is 163 Å². The van der Waals surface area contributed by atoms with E-state index < -0.39 is 46.0 Å². The average Bonchev–Trinajstić information content (AvgIpc) is 3.72. The van der Waals surface area contributed by atoms with Crippen molar-refractivity contribution in [3.63, 3.8) is 0 Å². The van der Waals surface area contributed by atoms with Crippen molar-refractivity contribution >= 4 is 34.6 Å². The van der Waals surface area contributed by atoms with Crippen molar-refractivity contribution < 1.29 is 23.7 Å². The van der Waals surface area contributed by atoms with Gasteiger partial charge >= 0.3 is 6.09 Å². The molecule has 67 heavy (non-hydrogen) atoms. The summed E-state index contributed by atoms with van der Waals surface area (Å²) in [6.45, 7) is 8.82. The number of fused-ring (bicyclic) bond motifs is 1. The second-order valence-corrected chi connectivity index (χ2v) is 19.9. The molecule has 3 N–H and O–H groups in total. The van der Waals surface area contributed by atoms with E-state index in [-0.39, 0.29) is 18.1 Å². The Morgan fingerprint density at radius 1 is 0.761 bits per heavy atom. The summed E-state index contributed by atoms with van der Waals surface area (Å²) in [6.07, 6.45) is 1.80. The zero-order valence-electron chi connectivity index (χ0n) is 38.5. The van der Waals surface area contributed by atoms with E-state index in [0.717, 1.165) is 33.4 Å². The summed E-state index contributed by atoms with van der Waals surface area (Å²) in [7, 11) is 0. The molecule has 0 fully saturated rings. The average molecular weight is 914 g/mol. The molecule has 0 radical (unpaired) electrons. The van der Waals surface area contributed by atoms with Crippen molar-refractivity contribution in [2.75, 3.05) is 11.6 Å². The monoisotopic (exact) mass is 913 g/mol. The van der Waals surface area contributed by atoms with Crippen molar-refractivity contribution in [2.45, 2.75) is 87.5 Å². The Bertz CT molecular complexity index is 2750. The van der Waals surface area contributed by atoms with Gasteiger partial charge in [0.1, 0.15) is 23.4 Å². The van der Waals surface area contributed by atoms with Crippen LogP contribution in [0.5, 0.6) is 0 Å². The highest BCUT2D eigenvalue weighted by molar-refractivity contribution is 7.90. The first kappa shape index (κ1) is 46.4. The van der Waals surface area contributed by atoms with E-state index in [1.807, 2.05) is 120 Å². The highest BCUT2D eigenvalue weighted by atomic mass is 32.2. The predicted octanol–water partition coefficient (Wildman–Crippen LogP) is 9.37. The third kappa shape index (κ3) is 10.2. The van der Waals surface area contributed by atoms with Gasteiger partial charge in [-0.3, -0.25) is 9.59 Å². The number of rotatable bonds is 13. The van der Waals surface area contributed by atoms with Crippen LogP contribution in [0.1, 0.15) is 80.1 Å². The SMILES string of the molecule is C[S+]([O-])c1ccc2c(c1)CCC(NC(=O)CC(C)(C)NC(=O)OC(C)(C)C)C(C(=O)c1ccc(-c3ccccc3)c(-c3nnnn3C(c3ccccc3)(c3ccccc3)c3ccccc3)c1)N2. The minimum Gasteiger partial charge on any atom is -0.612 e. The Labute approximate surface area is 394 Å². The standard InChI is InChI=1S/C54H55N7O5S/c1-52(2,3)66-51(64)57-53(4,5)35-47(62)55-46-31-28-37-33-42(67(6)65)29-32-45(37)56-48(46)49(63)38-27-30-43(36-19-11-7-12-20-36)44(34-38)50-58-59-60-61(50)54(39-21-13-8-14-22-39,40-23-15-9-16-24-40)41-25-17-10-18-26-41/h7-27,29-30,32-34,46,48,56H,28,31,35H2,1-6H3,(H,55,62)(H,57,64). The molecule has 0 saturated heterocycles. The zero-order valence-corrected chi connectivity index (χ0v) is 39.3. The van der Waals surface area contributed by atoms with Crippen LogP contribution in [0.4, 0.5) is 10.5 Å². The van der Waals surface area contributed by atoms with Gasteiger partial charge in [0.25, 0.3) is 0 Å². The number of nitrogens with one attached hydrogen (secondary N) is 3. The van der Waals surface area contributed by atoms with Crippen molar-refractivity contribution in [3.05, 3.63) is 186 Å². The van der Waals surface area contributed by atoms with Crippen molar-refractivity contribution in [2.24, 2.45) is 0 Å². The summed E-state index contributed by atoms with van der Waals surface area (Å²) in [5.41, 5.74) is 4.29. The molecular formula is C54H55N7O5S. The van der Waals surface area contributed by atoms with Crippen LogP contribution < -0.4 is 16.0 Å². The lowest BCUT2D eigenvalue weighted by Gasteiger charge is -2.36. The number of nitrogens with zero attached hydrogens (tertiary/aromatic N) is 4. The maximum absolute atomic E-state index is 15.4. The van der Waals surface area contributed by atoms with Gasteiger partial charge in [0.05, 0.1) is 6.04 Å². The molecule has 1 aliphatic heterocycles. The number of carbonyl (C=O) groups excluding carboxylic acids is 3. The van der Waals surface area contributed by atoms with Gasteiger partial charge in [-0.15, -0.1) is 5.10 Å². The summed E-state index contributed by atoms with van der Waals surface area (Å²) in [5.74, 6) is -0.202. The molecule has 7 aromatic rings. The predicted molar refractivity (Wildman–Crippen MR) is 262 cm³/mol. The van der Waals surface area contributed by atoms with Gasteiger partial charge < -0.3 is 25.2 Å². The maximum Gasteiger partial charge on any atom is 0.408 e. The van der Waals surface area contributed by atoms with Crippen molar-refractivity contribution in [3.8, 4) is 22.5 Å². The highest BCUT2D eigenvalue weighted by Gasteiger charge is 2.43. The Morgan fingerprint density at radius 2 is 1.34 bits per heavy atom. The fourth-order valence-corrected chi connectivity index (χ4v) is 9.51. The zero-order chi connectivity index (χ0) is 47.3. The molecule has 0 spiro atoms. The first-order valence-corrected chi connectivity index (χ1v) is 23.9. The van der Waals surface area contributed by atoms with E-state index in [4.69, 9.17) is 15.0 Å². The Morgan fingerprint density at radius 3 is 1.91 bits per heavy atom. The van der Waals surface area contributed by atoms with Gasteiger partial charge in [-0.1, -0.05) is 133 Å². The number of benzene rings is 6. The van der Waals surface area contributed by atoms with E-state index in [9.17, 15) is 14.1 Å². The normalized spacial score (nSPS) is 15.6. The van der Waals surface area contributed by atoms with Gasteiger partial charge in [-0.2, -0.15) is 0 Å². The third-order valence-electron chi connectivity index (χ3n) is 11.9. The molecule has 1 aliphatic rings. The van der Waals surface area contributed by atoms with E-state index >= 15 is 4.79 Å². The van der Waals surface area contributed by atoms with Gasteiger partial charge in [-0.05, 0) is 127 Å². The summed E-state index contributed by atoms with van der Waals surface area (Å²) < 4.78 is 19.9. The minimum atomic E-state index is -1.23. The molecule has 12 nitrogen and oxygen atoms in total. The molecule has 8 rings (SSSR count). The number of hydrogen-bond donors (Lipinski definition) is 3. The van der Waals surface area contributed by atoms with Crippen molar-refractivity contribution in [1.82, 2.24) is 30.8 Å². The number of hydrogen-bond acceptors (Lipinski definition) is 9.